The quantitative estimate of drug-likeness (QED) is 0.890. The van der Waals surface area contributed by atoms with Gasteiger partial charge in [0.25, 0.3) is 0 Å². The minimum Gasteiger partial charge on any atom is -0.479 e. The van der Waals surface area contributed by atoms with Crippen molar-refractivity contribution in [2.24, 2.45) is 7.05 Å². The number of ether oxygens (including phenoxy) is 1. The summed E-state index contributed by atoms with van der Waals surface area (Å²) in [5.41, 5.74) is -1.90. The number of oxazole rings is 1. The first kappa shape index (κ1) is 14.1. The summed E-state index contributed by atoms with van der Waals surface area (Å²) in [6.45, 7) is 0.906. The number of carboxylic acid groups (broad SMARTS) is 1. The van der Waals surface area contributed by atoms with E-state index in [2.05, 4.69) is 0 Å². The Labute approximate surface area is 122 Å². The molecule has 0 bridgehead atoms. The molecule has 0 aliphatic carbocycles. The largest absolute Gasteiger partial charge is 0.479 e. The van der Waals surface area contributed by atoms with Gasteiger partial charge in [0.05, 0.1) is 5.69 Å². The van der Waals surface area contributed by atoms with Gasteiger partial charge in [-0.05, 0) is 6.92 Å². The number of rotatable bonds is 2. The highest BCUT2D eigenvalue weighted by Gasteiger charge is 2.51. The van der Waals surface area contributed by atoms with Crippen molar-refractivity contribution < 1.29 is 28.2 Å². The third-order valence-electron chi connectivity index (χ3n) is 3.69. The van der Waals surface area contributed by atoms with E-state index in [1.54, 1.807) is 0 Å². The molecule has 8 nitrogen and oxygen atoms in total. The van der Waals surface area contributed by atoms with Gasteiger partial charge in [0, 0.05) is 19.2 Å². The van der Waals surface area contributed by atoms with Gasteiger partial charge in [-0.15, -0.1) is 0 Å². The van der Waals surface area contributed by atoms with Gasteiger partial charge in [-0.3, -0.25) is 9.47 Å². The van der Waals surface area contributed by atoms with Crippen LogP contribution in [0, 0.1) is 5.82 Å². The molecule has 2 heterocycles. The van der Waals surface area contributed by atoms with Gasteiger partial charge in [0.1, 0.15) is 12.1 Å². The third kappa shape index (κ3) is 1.71. The van der Waals surface area contributed by atoms with Crippen molar-refractivity contribution in [2.45, 2.75) is 12.5 Å². The number of anilines is 1. The summed E-state index contributed by atoms with van der Waals surface area (Å²) in [6, 6.07) is 2.19. The van der Waals surface area contributed by atoms with E-state index in [1.165, 1.54) is 20.0 Å². The summed E-state index contributed by atoms with van der Waals surface area (Å²) >= 11 is 0. The number of cyclic esters (lactones) is 1. The lowest BCUT2D eigenvalue weighted by atomic mass is 10.0. The number of halogens is 1. The van der Waals surface area contributed by atoms with Gasteiger partial charge in [0.2, 0.25) is 0 Å². The number of aliphatic carboxylic acids is 1. The van der Waals surface area contributed by atoms with E-state index in [9.17, 15) is 23.9 Å². The maximum atomic E-state index is 14.2. The highest BCUT2D eigenvalue weighted by Crippen LogP contribution is 2.33. The number of fused-ring (bicyclic) bond motifs is 1. The van der Waals surface area contributed by atoms with Crippen LogP contribution in [0.15, 0.2) is 21.3 Å². The molecular weight excluding hydrogens is 299 g/mol. The molecule has 1 aromatic carbocycles. The number of hydrogen-bond donors (Lipinski definition) is 1. The third-order valence-corrected chi connectivity index (χ3v) is 3.69. The molecule has 3 rings (SSSR count). The van der Waals surface area contributed by atoms with Crippen molar-refractivity contribution in [3.8, 4) is 0 Å². The first-order chi connectivity index (χ1) is 10.3. The van der Waals surface area contributed by atoms with E-state index >= 15 is 0 Å². The number of carbonyl (C=O) groups excluding carboxylic acids is 1. The van der Waals surface area contributed by atoms with Crippen LogP contribution in [0.2, 0.25) is 0 Å². The van der Waals surface area contributed by atoms with Gasteiger partial charge in [-0.1, -0.05) is 0 Å². The molecule has 1 unspecified atom stereocenters. The van der Waals surface area contributed by atoms with Gasteiger partial charge in [0.15, 0.2) is 16.9 Å². The van der Waals surface area contributed by atoms with Crippen LogP contribution < -0.4 is 10.7 Å². The number of hydrogen-bond acceptors (Lipinski definition) is 5. The maximum Gasteiger partial charge on any atom is 0.419 e. The summed E-state index contributed by atoms with van der Waals surface area (Å²) in [5.74, 6) is -2.88. The monoisotopic (exact) mass is 310 g/mol. The zero-order valence-electron chi connectivity index (χ0n) is 11.6. The molecule has 1 N–H and O–H groups in total. The van der Waals surface area contributed by atoms with E-state index in [1.807, 2.05) is 0 Å². The highest BCUT2D eigenvalue weighted by molar-refractivity contribution is 6.01. The molecule has 1 saturated heterocycles. The smallest absolute Gasteiger partial charge is 0.419 e. The Morgan fingerprint density at radius 2 is 2.09 bits per heavy atom. The second-order valence-corrected chi connectivity index (χ2v) is 5.17. The lowest BCUT2D eigenvalue weighted by molar-refractivity contribution is -0.142. The summed E-state index contributed by atoms with van der Waals surface area (Å²) in [5, 5.41) is 9.31. The van der Waals surface area contributed by atoms with Crippen LogP contribution in [0.5, 0.6) is 0 Å². The topological polar surface area (TPSA) is 102 Å². The molecular formula is C13H11FN2O6. The molecule has 1 atom stereocenters. The predicted molar refractivity (Wildman–Crippen MR) is 71.3 cm³/mol. The summed E-state index contributed by atoms with van der Waals surface area (Å²) in [6.07, 6.45) is -0.915. The van der Waals surface area contributed by atoms with Crippen molar-refractivity contribution in [2.75, 3.05) is 11.5 Å². The molecule has 1 aromatic heterocycles. The number of carboxylic acids is 1. The highest BCUT2D eigenvalue weighted by atomic mass is 19.1. The number of amides is 1. The molecule has 0 radical (unpaired) electrons. The lowest BCUT2D eigenvalue weighted by Gasteiger charge is -2.27. The van der Waals surface area contributed by atoms with Crippen molar-refractivity contribution >= 4 is 28.8 Å². The summed E-state index contributed by atoms with van der Waals surface area (Å²) in [7, 11) is 1.34. The van der Waals surface area contributed by atoms with Crippen LogP contribution in [0.1, 0.15) is 6.92 Å². The number of aromatic nitrogens is 1. The molecule has 0 spiro atoms. The van der Waals surface area contributed by atoms with Crippen LogP contribution in [0.4, 0.5) is 14.9 Å². The normalized spacial score (nSPS) is 21.4. The van der Waals surface area contributed by atoms with E-state index in [4.69, 9.17) is 9.15 Å². The van der Waals surface area contributed by atoms with Crippen LogP contribution in [-0.2, 0) is 16.6 Å². The number of carbonyl (C=O) groups is 2. The van der Waals surface area contributed by atoms with Crippen molar-refractivity contribution in [1.29, 1.82) is 0 Å². The second-order valence-electron chi connectivity index (χ2n) is 5.17. The molecule has 22 heavy (non-hydrogen) atoms. The van der Waals surface area contributed by atoms with Crippen molar-refractivity contribution in [3.05, 3.63) is 28.5 Å². The maximum absolute atomic E-state index is 14.2. The number of benzene rings is 1. The van der Waals surface area contributed by atoms with Gasteiger partial charge < -0.3 is 14.3 Å². The average molecular weight is 310 g/mol. The minimum absolute atomic E-state index is 0.0632. The Morgan fingerprint density at radius 1 is 1.41 bits per heavy atom. The first-order valence-corrected chi connectivity index (χ1v) is 6.25. The van der Waals surface area contributed by atoms with Crippen LogP contribution in [0.25, 0.3) is 11.1 Å². The predicted octanol–water partition coefficient (Wildman–Crippen LogP) is 1.07. The average Bonchev–Trinajstić information content (AvgIpc) is 2.89. The molecule has 1 aliphatic heterocycles. The van der Waals surface area contributed by atoms with Crippen molar-refractivity contribution in [1.82, 2.24) is 4.57 Å². The van der Waals surface area contributed by atoms with E-state index in [0.717, 1.165) is 15.5 Å². The first-order valence-electron chi connectivity index (χ1n) is 6.25. The summed E-state index contributed by atoms with van der Waals surface area (Å²) < 4.78 is 24.8. The Balaban J connectivity index is 2.23. The fourth-order valence-electron chi connectivity index (χ4n) is 2.43. The molecule has 1 aliphatic rings. The number of nitrogens with zero attached hydrogens (tertiary/aromatic N) is 2. The van der Waals surface area contributed by atoms with Crippen molar-refractivity contribution in [3.63, 3.8) is 0 Å². The molecule has 1 amide bonds. The Morgan fingerprint density at radius 3 is 2.73 bits per heavy atom. The Hall–Kier alpha value is -2.84. The van der Waals surface area contributed by atoms with Gasteiger partial charge >= 0.3 is 17.8 Å². The van der Waals surface area contributed by atoms with Crippen LogP contribution in [0.3, 0.4) is 0 Å². The van der Waals surface area contributed by atoms with Gasteiger partial charge in [-0.25, -0.2) is 18.8 Å². The fraction of sp³-hybridized carbons (Fsp3) is 0.308. The van der Waals surface area contributed by atoms with Crippen LogP contribution >= 0.6 is 0 Å². The van der Waals surface area contributed by atoms with E-state index in [0.29, 0.717) is 0 Å². The lowest BCUT2D eigenvalue weighted by Crippen LogP contribution is -2.51. The molecule has 116 valence electrons. The SMILES string of the molecule is Cn1c(=O)oc2cc(N3C(=O)OCC3(C)C(=O)O)cc(F)c21. The zero-order chi connectivity index (χ0) is 16.2. The summed E-state index contributed by atoms with van der Waals surface area (Å²) in [4.78, 5) is 35.5. The number of aryl methyl sites for hydroxylation is 1. The van der Waals surface area contributed by atoms with Crippen LogP contribution in [-0.4, -0.2) is 33.9 Å². The minimum atomic E-state index is -1.67. The molecule has 0 saturated carbocycles. The zero-order valence-corrected chi connectivity index (χ0v) is 11.6. The van der Waals surface area contributed by atoms with E-state index < -0.39 is 29.2 Å². The molecule has 1 fully saturated rings. The fourth-order valence-corrected chi connectivity index (χ4v) is 2.43. The Kier molecular flexibility index (Phi) is 2.77. The molecule has 9 heteroatoms. The van der Waals surface area contributed by atoms with Gasteiger partial charge in [-0.2, -0.15) is 0 Å². The van der Waals surface area contributed by atoms with E-state index in [-0.39, 0.29) is 23.4 Å². The molecule has 2 aromatic rings. The Bertz CT molecular complexity index is 869. The standard InChI is InChI=1S/C13H11FN2O6/c1-13(10(17)18)5-21-12(20)16(13)6-3-7(14)9-8(4-6)22-11(19)15(9)2/h3-4H,5H2,1-2H3,(H,17,18). The second kappa shape index (κ2) is 4.33.